The van der Waals surface area contributed by atoms with E-state index in [1.165, 1.54) is 18.2 Å². The van der Waals surface area contributed by atoms with Crippen molar-refractivity contribution in [2.24, 2.45) is 0 Å². The van der Waals surface area contributed by atoms with Gasteiger partial charge in [-0.15, -0.1) is 0 Å². The SMILES string of the molecule is CCCCNS(=O)(=O)c1cc(C(=O)O)ccc1NC[C@H]1CCCO1. The number of ether oxygens (including phenoxy) is 1. The molecule has 1 aromatic carbocycles. The van der Waals surface area contributed by atoms with Gasteiger partial charge in [0, 0.05) is 19.7 Å². The van der Waals surface area contributed by atoms with Gasteiger partial charge in [0.15, 0.2) is 0 Å². The average molecular weight is 356 g/mol. The smallest absolute Gasteiger partial charge is 0.335 e. The Labute approximate surface area is 142 Å². The van der Waals surface area contributed by atoms with Gasteiger partial charge in [-0.25, -0.2) is 17.9 Å². The maximum atomic E-state index is 12.5. The number of sulfonamides is 1. The Morgan fingerprint density at radius 2 is 2.21 bits per heavy atom. The Bertz CT molecular complexity index is 669. The van der Waals surface area contributed by atoms with E-state index in [0.29, 0.717) is 25.4 Å². The highest BCUT2D eigenvalue weighted by atomic mass is 32.2. The summed E-state index contributed by atoms with van der Waals surface area (Å²) in [6.45, 7) is 3.49. The normalized spacial score (nSPS) is 17.8. The number of carboxylic acids is 1. The van der Waals surface area contributed by atoms with Crippen LogP contribution in [0, 0.1) is 0 Å². The number of hydrogen-bond donors (Lipinski definition) is 3. The van der Waals surface area contributed by atoms with Crippen LogP contribution in [0.5, 0.6) is 0 Å². The van der Waals surface area contributed by atoms with Crippen LogP contribution in [0.3, 0.4) is 0 Å². The molecule has 0 aliphatic carbocycles. The molecule has 0 aromatic heterocycles. The molecule has 1 aliphatic heterocycles. The third-order valence-electron chi connectivity index (χ3n) is 3.88. The van der Waals surface area contributed by atoms with E-state index in [1.807, 2.05) is 6.92 Å². The molecule has 0 bridgehead atoms. The Morgan fingerprint density at radius 3 is 2.83 bits per heavy atom. The first kappa shape index (κ1) is 18.7. The second-order valence-electron chi connectivity index (χ2n) is 5.78. The van der Waals surface area contributed by atoms with Crippen molar-refractivity contribution in [2.75, 3.05) is 25.0 Å². The van der Waals surface area contributed by atoms with Crippen LogP contribution in [0.25, 0.3) is 0 Å². The molecule has 0 radical (unpaired) electrons. The number of nitrogens with one attached hydrogen (secondary N) is 2. The quantitative estimate of drug-likeness (QED) is 0.585. The first-order chi connectivity index (χ1) is 11.4. The van der Waals surface area contributed by atoms with E-state index in [2.05, 4.69) is 10.0 Å². The number of rotatable bonds is 9. The lowest BCUT2D eigenvalue weighted by Crippen LogP contribution is -2.27. The molecule has 1 heterocycles. The highest BCUT2D eigenvalue weighted by molar-refractivity contribution is 7.89. The summed E-state index contributed by atoms with van der Waals surface area (Å²) < 4.78 is 33.1. The van der Waals surface area contributed by atoms with Crippen molar-refractivity contribution in [3.05, 3.63) is 23.8 Å². The van der Waals surface area contributed by atoms with Gasteiger partial charge in [0.05, 0.1) is 17.4 Å². The number of anilines is 1. The van der Waals surface area contributed by atoms with Crippen molar-refractivity contribution in [3.8, 4) is 0 Å². The monoisotopic (exact) mass is 356 g/mol. The summed E-state index contributed by atoms with van der Waals surface area (Å²) in [4.78, 5) is 11.1. The molecule has 8 heteroatoms. The Morgan fingerprint density at radius 1 is 1.42 bits per heavy atom. The second kappa shape index (κ2) is 8.46. The molecule has 1 aliphatic rings. The standard InChI is InChI=1S/C16H24N2O5S/c1-2-3-8-18-24(21,22)15-10-12(16(19)20)6-7-14(15)17-11-13-5-4-9-23-13/h6-7,10,13,17-18H,2-5,8-9,11H2,1H3,(H,19,20)/t13-/m1/s1. The number of unbranched alkanes of at least 4 members (excludes halogenated alkanes) is 1. The zero-order chi connectivity index (χ0) is 17.6. The molecule has 7 nitrogen and oxygen atoms in total. The van der Waals surface area contributed by atoms with Crippen LogP contribution in [0.1, 0.15) is 43.0 Å². The fourth-order valence-electron chi connectivity index (χ4n) is 2.51. The summed E-state index contributed by atoms with van der Waals surface area (Å²) in [7, 11) is -3.78. The Kier molecular flexibility index (Phi) is 6.59. The molecule has 1 fully saturated rings. The summed E-state index contributed by atoms with van der Waals surface area (Å²) in [5.41, 5.74) is 0.327. The van der Waals surface area contributed by atoms with E-state index in [0.717, 1.165) is 25.7 Å². The molecular formula is C16H24N2O5S. The summed E-state index contributed by atoms with van der Waals surface area (Å²) >= 11 is 0. The van der Waals surface area contributed by atoms with Gasteiger partial charge >= 0.3 is 5.97 Å². The molecule has 24 heavy (non-hydrogen) atoms. The van der Waals surface area contributed by atoms with Crippen LogP contribution in [-0.4, -0.2) is 45.3 Å². The van der Waals surface area contributed by atoms with Crippen LogP contribution >= 0.6 is 0 Å². The predicted octanol–water partition coefficient (Wildman–Crippen LogP) is 2.05. The Hall–Kier alpha value is -1.64. The molecule has 134 valence electrons. The maximum absolute atomic E-state index is 12.5. The topological polar surface area (TPSA) is 105 Å². The molecule has 2 rings (SSSR count). The zero-order valence-corrected chi connectivity index (χ0v) is 14.6. The number of carboxylic acid groups (broad SMARTS) is 1. The van der Waals surface area contributed by atoms with Crippen molar-refractivity contribution < 1.29 is 23.1 Å². The molecule has 3 N–H and O–H groups in total. The van der Waals surface area contributed by atoms with Crippen molar-refractivity contribution in [1.82, 2.24) is 4.72 Å². The second-order valence-corrected chi connectivity index (χ2v) is 7.52. The van der Waals surface area contributed by atoms with Gasteiger partial charge < -0.3 is 15.2 Å². The van der Waals surface area contributed by atoms with Crippen LogP contribution in [0.15, 0.2) is 23.1 Å². The summed E-state index contributed by atoms with van der Waals surface area (Å²) in [6, 6.07) is 4.08. The first-order valence-electron chi connectivity index (χ1n) is 8.16. The number of carbonyl (C=O) groups is 1. The third kappa shape index (κ3) is 4.93. The van der Waals surface area contributed by atoms with E-state index in [1.54, 1.807) is 0 Å². The molecule has 0 unspecified atom stereocenters. The van der Waals surface area contributed by atoms with Gasteiger partial charge in [0.2, 0.25) is 10.0 Å². The maximum Gasteiger partial charge on any atom is 0.335 e. The van der Waals surface area contributed by atoms with E-state index in [4.69, 9.17) is 9.84 Å². The molecular weight excluding hydrogens is 332 g/mol. The lowest BCUT2D eigenvalue weighted by molar-refractivity contribution is 0.0696. The summed E-state index contributed by atoms with van der Waals surface area (Å²) in [6.07, 6.45) is 3.55. The largest absolute Gasteiger partial charge is 0.478 e. The number of hydrogen-bond acceptors (Lipinski definition) is 5. The van der Waals surface area contributed by atoms with Gasteiger partial charge in [-0.3, -0.25) is 0 Å². The predicted molar refractivity (Wildman–Crippen MR) is 91.0 cm³/mol. The van der Waals surface area contributed by atoms with Gasteiger partial charge in [-0.2, -0.15) is 0 Å². The van der Waals surface area contributed by atoms with Crippen molar-refractivity contribution in [2.45, 2.75) is 43.6 Å². The summed E-state index contributed by atoms with van der Waals surface area (Å²) in [5, 5.41) is 12.2. The first-order valence-corrected chi connectivity index (χ1v) is 9.65. The fourth-order valence-corrected chi connectivity index (χ4v) is 3.79. The molecule has 1 aromatic rings. The summed E-state index contributed by atoms with van der Waals surface area (Å²) in [5.74, 6) is -1.16. The minimum atomic E-state index is -3.78. The lowest BCUT2D eigenvalue weighted by Gasteiger charge is -2.16. The van der Waals surface area contributed by atoms with Gasteiger partial charge in [0.1, 0.15) is 4.90 Å². The minimum Gasteiger partial charge on any atom is -0.478 e. The fraction of sp³-hybridized carbons (Fsp3) is 0.562. The van der Waals surface area contributed by atoms with Gasteiger partial charge in [-0.1, -0.05) is 13.3 Å². The Balaban J connectivity index is 2.22. The lowest BCUT2D eigenvalue weighted by atomic mass is 10.2. The third-order valence-corrected chi connectivity index (χ3v) is 5.39. The van der Waals surface area contributed by atoms with E-state index in [-0.39, 0.29) is 16.6 Å². The van der Waals surface area contributed by atoms with E-state index >= 15 is 0 Å². The number of aromatic carboxylic acids is 1. The highest BCUT2D eigenvalue weighted by Crippen LogP contribution is 2.24. The van der Waals surface area contributed by atoms with Gasteiger partial charge in [0.25, 0.3) is 0 Å². The molecule has 0 amide bonds. The van der Waals surface area contributed by atoms with Crippen LogP contribution in [-0.2, 0) is 14.8 Å². The van der Waals surface area contributed by atoms with Crippen molar-refractivity contribution in [3.63, 3.8) is 0 Å². The molecule has 0 spiro atoms. The van der Waals surface area contributed by atoms with E-state index < -0.39 is 16.0 Å². The number of benzene rings is 1. The minimum absolute atomic E-state index is 0.0449. The van der Waals surface area contributed by atoms with Crippen LogP contribution < -0.4 is 10.0 Å². The molecule has 0 saturated carbocycles. The average Bonchev–Trinajstić information content (AvgIpc) is 3.06. The highest BCUT2D eigenvalue weighted by Gasteiger charge is 2.22. The van der Waals surface area contributed by atoms with E-state index in [9.17, 15) is 13.2 Å². The van der Waals surface area contributed by atoms with Gasteiger partial charge in [-0.05, 0) is 37.5 Å². The van der Waals surface area contributed by atoms with Crippen LogP contribution in [0.4, 0.5) is 5.69 Å². The molecule has 1 atom stereocenters. The zero-order valence-electron chi connectivity index (χ0n) is 13.7. The van der Waals surface area contributed by atoms with Crippen molar-refractivity contribution in [1.29, 1.82) is 0 Å². The van der Waals surface area contributed by atoms with Crippen molar-refractivity contribution >= 4 is 21.7 Å². The molecule has 1 saturated heterocycles. The van der Waals surface area contributed by atoms with Crippen LogP contribution in [0.2, 0.25) is 0 Å².